The van der Waals surface area contributed by atoms with Crippen molar-refractivity contribution in [1.82, 2.24) is 20.4 Å². The molecule has 2 atom stereocenters. The third-order valence-corrected chi connectivity index (χ3v) is 5.49. The number of likely N-dealkylation sites (tertiary alicyclic amines) is 1. The van der Waals surface area contributed by atoms with Crippen LogP contribution in [0.3, 0.4) is 0 Å². The number of rotatable bonds is 9. The summed E-state index contributed by atoms with van der Waals surface area (Å²) in [4.78, 5) is 9.83. The molecule has 1 aromatic heterocycles. The molecular weight excluding hydrogens is 481 g/mol. The summed E-state index contributed by atoms with van der Waals surface area (Å²) in [7, 11) is 0. The summed E-state index contributed by atoms with van der Waals surface area (Å²) in [6.07, 6.45) is 4.31. The van der Waals surface area contributed by atoms with Crippen LogP contribution in [0.2, 0.25) is 0 Å². The molecule has 166 valence electrons. The van der Waals surface area contributed by atoms with Crippen LogP contribution in [0.25, 0.3) is 0 Å². The molecule has 0 bridgehead atoms. The number of halogens is 1. The van der Waals surface area contributed by atoms with E-state index in [1.807, 2.05) is 6.07 Å². The summed E-state index contributed by atoms with van der Waals surface area (Å²) in [5.74, 6) is 2.45. The molecule has 2 saturated heterocycles. The van der Waals surface area contributed by atoms with Crippen molar-refractivity contribution < 1.29 is 9.15 Å². The van der Waals surface area contributed by atoms with Crippen molar-refractivity contribution in [3.8, 4) is 0 Å². The van der Waals surface area contributed by atoms with Crippen molar-refractivity contribution >= 4 is 29.9 Å². The molecule has 0 aromatic carbocycles. The average Bonchev–Trinajstić information content (AvgIpc) is 3.42. The average molecular weight is 519 g/mol. The first-order chi connectivity index (χ1) is 13.8. The Morgan fingerprint density at radius 3 is 2.59 bits per heavy atom. The number of hydrogen-bond donors (Lipinski definition) is 2. The Morgan fingerprint density at radius 2 is 1.93 bits per heavy atom. The number of furan rings is 1. The summed E-state index contributed by atoms with van der Waals surface area (Å²) in [5.41, 5.74) is 0. The van der Waals surface area contributed by atoms with Crippen LogP contribution in [0, 0.1) is 5.92 Å². The summed E-state index contributed by atoms with van der Waals surface area (Å²) in [5, 5.41) is 6.94. The molecule has 2 aliphatic rings. The van der Waals surface area contributed by atoms with Gasteiger partial charge < -0.3 is 19.8 Å². The van der Waals surface area contributed by atoms with Crippen LogP contribution in [0.15, 0.2) is 27.8 Å². The fraction of sp³-hybridized carbons (Fsp3) is 0.762. The van der Waals surface area contributed by atoms with Gasteiger partial charge in [-0.25, -0.2) is 0 Å². The second-order valence-electron chi connectivity index (χ2n) is 7.89. The lowest BCUT2D eigenvalue weighted by Gasteiger charge is -2.29. The van der Waals surface area contributed by atoms with Crippen LogP contribution in [0.4, 0.5) is 0 Å². The van der Waals surface area contributed by atoms with E-state index in [0.29, 0.717) is 5.92 Å². The molecule has 8 heteroatoms. The monoisotopic (exact) mass is 519 g/mol. The van der Waals surface area contributed by atoms with Crippen LogP contribution >= 0.6 is 24.0 Å². The quantitative estimate of drug-likeness (QED) is 0.297. The minimum absolute atomic E-state index is 0. The zero-order chi connectivity index (χ0) is 19.6. The van der Waals surface area contributed by atoms with Crippen molar-refractivity contribution in [2.45, 2.75) is 32.7 Å². The van der Waals surface area contributed by atoms with E-state index in [1.165, 1.54) is 12.8 Å². The molecule has 0 amide bonds. The minimum Gasteiger partial charge on any atom is -0.468 e. The summed E-state index contributed by atoms with van der Waals surface area (Å²) in [6.45, 7) is 14.0. The minimum atomic E-state index is 0. The fourth-order valence-electron chi connectivity index (χ4n) is 4.01. The molecule has 0 aliphatic carbocycles. The largest absolute Gasteiger partial charge is 0.468 e. The molecule has 2 unspecified atom stereocenters. The second kappa shape index (κ2) is 13.5. The van der Waals surface area contributed by atoms with E-state index < -0.39 is 0 Å². The van der Waals surface area contributed by atoms with Gasteiger partial charge in [-0.2, -0.15) is 0 Å². The molecule has 2 fully saturated rings. The Morgan fingerprint density at radius 1 is 1.17 bits per heavy atom. The van der Waals surface area contributed by atoms with Crippen LogP contribution < -0.4 is 10.6 Å². The maximum absolute atomic E-state index is 5.73. The molecule has 0 spiro atoms. The molecule has 7 nitrogen and oxygen atoms in total. The van der Waals surface area contributed by atoms with Gasteiger partial charge in [0.15, 0.2) is 5.96 Å². The van der Waals surface area contributed by atoms with E-state index in [0.717, 1.165) is 77.3 Å². The normalized spacial score (nSPS) is 20.8. The van der Waals surface area contributed by atoms with E-state index in [4.69, 9.17) is 14.1 Å². The highest BCUT2D eigenvalue weighted by Crippen LogP contribution is 2.24. The van der Waals surface area contributed by atoms with Crippen LogP contribution in [0.5, 0.6) is 0 Å². The number of guanidine groups is 1. The van der Waals surface area contributed by atoms with E-state index in [9.17, 15) is 0 Å². The maximum atomic E-state index is 5.73. The first-order valence-corrected chi connectivity index (χ1v) is 10.9. The Labute approximate surface area is 192 Å². The van der Waals surface area contributed by atoms with Crippen LogP contribution in [-0.4, -0.2) is 81.3 Å². The van der Waals surface area contributed by atoms with E-state index in [-0.39, 0.29) is 30.0 Å². The Bertz CT molecular complexity index is 572. The predicted octanol–water partition coefficient (Wildman–Crippen LogP) is 2.56. The van der Waals surface area contributed by atoms with Gasteiger partial charge in [-0.1, -0.05) is 6.92 Å². The third-order valence-electron chi connectivity index (χ3n) is 5.49. The first kappa shape index (κ1) is 24.4. The number of morpholine rings is 1. The summed E-state index contributed by atoms with van der Waals surface area (Å²) in [6, 6.07) is 4.32. The van der Waals surface area contributed by atoms with Crippen molar-refractivity contribution in [3.05, 3.63) is 24.2 Å². The summed E-state index contributed by atoms with van der Waals surface area (Å²) >= 11 is 0. The first-order valence-electron chi connectivity index (χ1n) is 10.9. The Balaban J connectivity index is 0.00000300. The molecule has 0 saturated carbocycles. The number of ether oxygens (including phenoxy) is 1. The molecule has 2 N–H and O–H groups in total. The van der Waals surface area contributed by atoms with Crippen LogP contribution in [-0.2, 0) is 4.74 Å². The lowest BCUT2D eigenvalue weighted by Crippen LogP contribution is -2.43. The highest BCUT2D eigenvalue weighted by molar-refractivity contribution is 14.0. The van der Waals surface area contributed by atoms with E-state index >= 15 is 0 Å². The highest BCUT2D eigenvalue weighted by Gasteiger charge is 2.25. The van der Waals surface area contributed by atoms with Crippen molar-refractivity contribution in [1.29, 1.82) is 0 Å². The number of hydrogen-bond acceptors (Lipinski definition) is 5. The Hall–Kier alpha value is -0.840. The lowest BCUT2D eigenvalue weighted by atomic mass is 10.1. The van der Waals surface area contributed by atoms with Crippen molar-refractivity contribution in [3.63, 3.8) is 0 Å². The smallest absolute Gasteiger partial charge is 0.191 e. The maximum Gasteiger partial charge on any atom is 0.191 e. The zero-order valence-corrected chi connectivity index (χ0v) is 20.3. The molecule has 1 aromatic rings. The topological polar surface area (TPSA) is 65.3 Å². The number of aliphatic imine (C=N–C) groups is 1. The number of nitrogens with one attached hydrogen (secondary N) is 2. The van der Waals surface area contributed by atoms with Gasteiger partial charge in [0.05, 0.1) is 25.5 Å². The Kier molecular flexibility index (Phi) is 11.3. The number of nitrogens with zero attached hydrogens (tertiary/aromatic N) is 3. The van der Waals surface area contributed by atoms with Crippen molar-refractivity contribution in [2.75, 3.05) is 65.6 Å². The van der Waals surface area contributed by atoms with E-state index in [2.05, 4.69) is 40.3 Å². The highest BCUT2D eigenvalue weighted by atomic mass is 127. The van der Waals surface area contributed by atoms with E-state index in [1.54, 1.807) is 6.26 Å². The molecule has 3 heterocycles. The zero-order valence-electron chi connectivity index (χ0n) is 17.9. The van der Waals surface area contributed by atoms with Crippen molar-refractivity contribution in [2.24, 2.45) is 10.9 Å². The van der Waals surface area contributed by atoms with Crippen LogP contribution in [0.1, 0.15) is 38.5 Å². The fourth-order valence-corrected chi connectivity index (χ4v) is 4.01. The molecule has 29 heavy (non-hydrogen) atoms. The summed E-state index contributed by atoms with van der Waals surface area (Å²) < 4.78 is 11.2. The van der Waals surface area contributed by atoms with Gasteiger partial charge in [-0.15, -0.1) is 24.0 Å². The van der Waals surface area contributed by atoms with Gasteiger partial charge in [0, 0.05) is 39.3 Å². The van der Waals surface area contributed by atoms with Gasteiger partial charge in [0.25, 0.3) is 0 Å². The third kappa shape index (κ3) is 8.07. The van der Waals surface area contributed by atoms with Gasteiger partial charge >= 0.3 is 0 Å². The molecular formula is C21H38IN5O2. The lowest BCUT2D eigenvalue weighted by molar-refractivity contribution is 0.0323. The second-order valence-corrected chi connectivity index (χ2v) is 7.89. The molecule has 0 radical (unpaired) electrons. The standard InChI is InChI=1S/C21H37N5O2.HI/c1-3-22-21(23-15-18(2)17-25-10-13-27-14-11-25)24-16-19(20-7-6-12-28-20)26-8-4-5-9-26;/h6-7,12,18-19H,3-5,8-11,13-17H2,1-2H3,(H2,22,23,24);1H. The SMILES string of the molecule is CCNC(=NCC(C)CN1CCOCC1)NCC(c1ccco1)N1CCCC1.I. The van der Waals surface area contributed by atoms with Gasteiger partial charge in [0.2, 0.25) is 0 Å². The van der Waals surface area contributed by atoms with Gasteiger partial charge in [-0.3, -0.25) is 14.8 Å². The molecule has 2 aliphatic heterocycles. The predicted molar refractivity (Wildman–Crippen MR) is 128 cm³/mol. The molecule has 3 rings (SSSR count). The van der Waals surface area contributed by atoms with Gasteiger partial charge in [-0.05, 0) is 50.9 Å². The van der Waals surface area contributed by atoms with Gasteiger partial charge in [0.1, 0.15) is 5.76 Å².